The highest BCUT2D eigenvalue weighted by atomic mass is 32.2. The molecule has 8 heteroatoms. The molecule has 24 heavy (non-hydrogen) atoms. The van der Waals surface area contributed by atoms with Crippen LogP contribution in [0.25, 0.3) is 10.9 Å². The number of aryl methyl sites for hydroxylation is 1. The predicted octanol–water partition coefficient (Wildman–Crippen LogP) is 2.35. The minimum atomic E-state index is -0.463. The molecule has 7 nitrogen and oxygen atoms in total. The van der Waals surface area contributed by atoms with E-state index in [0.29, 0.717) is 27.6 Å². The van der Waals surface area contributed by atoms with E-state index in [0.717, 1.165) is 0 Å². The first-order valence-corrected chi connectivity index (χ1v) is 8.20. The molecule has 124 valence electrons. The molecule has 1 aromatic carbocycles. The summed E-state index contributed by atoms with van der Waals surface area (Å²) in [6, 6.07) is 8.78. The second-order valence-electron chi connectivity index (χ2n) is 5.36. The number of rotatable bonds is 4. The van der Waals surface area contributed by atoms with Gasteiger partial charge in [0.15, 0.2) is 5.16 Å². The van der Waals surface area contributed by atoms with Gasteiger partial charge in [0.2, 0.25) is 11.8 Å². The molecule has 0 aliphatic rings. The molecule has 0 radical (unpaired) electrons. The van der Waals surface area contributed by atoms with Gasteiger partial charge in [0.05, 0.1) is 21.8 Å². The van der Waals surface area contributed by atoms with Crippen LogP contribution in [0.15, 0.2) is 44.8 Å². The van der Waals surface area contributed by atoms with Crippen LogP contribution in [0.4, 0.5) is 5.88 Å². The molecule has 3 aromatic rings. The number of para-hydroxylation sites is 1. The van der Waals surface area contributed by atoms with Crippen LogP contribution < -0.4 is 10.9 Å². The lowest BCUT2D eigenvalue weighted by atomic mass is 10.2. The minimum Gasteiger partial charge on any atom is -0.338 e. The number of fused-ring (bicyclic) bond motifs is 1. The van der Waals surface area contributed by atoms with Gasteiger partial charge in [0.25, 0.3) is 5.56 Å². The van der Waals surface area contributed by atoms with Crippen LogP contribution in [0.2, 0.25) is 0 Å². The van der Waals surface area contributed by atoms with Gasteiger partial charge >= 0.3 is 0 Å². The molecule has 2 aromatic heterocycles. The summed E-state index contributed by atoms with van der Waals surface area (Å²) in [5, 5.41) is 6.94. The molecule has 3 rings (SSSR count). The van der Waals surface area contributed by atoms with Crippen molar-refractivity contribution in [3.63, 3.8) is 0 Å². The maximum absolute atomic E-state index is 12.4. The van der Waals surface area contributed by atoms with E-state index in [1.807, 2.05) is 6.07 Å². The van der Waals surface area contributed by atoms with Crippen LogP contribution in [0.5, 0.6) is 0 Å². The summed E-state index contributed by atoms with van der Waals surface area (Å²) >= 11 is 1.21. The largest absolute Gasteiger partial charge is 0.338 e. The number of nitrogens with zero attached hydrogens (tertiary/aromatic N) is 3. The van der Waals surface area contributed by atoms with Crippen molar-refractivity contribution in [3.8, 4) is 0 Å². The molecule has 1 unspecified atom stereocenters. The Hall–Kier alpha value is -2.61. The van der Waals surface area contributed by atoms with Crippen LogP contribution in [-0.2, 0) is 11.8 Å². The molecule has 1 N–H and O–H groups in total. The van der Waals surface area contributed by atoms with Crippen molar-refractivity contribution in [1.29, 1.82) is 0 Å². The fourth-order valence-electron chi connectivity index (χ4n) is 2.16. The van der Waals surface area contributed by atoms with Crippen molar-refractivity contribution < 1.29 is 9.32 Å². The summed E-state index contributed by atoms with van der Waals surface area (Å²) < 4.78 is 6.43. The quantitative estimate of drug-likeness (QED) is 0.577. The number of amides is 1. The van der Waals surface area contributed by atoms with Crippen LogP contribution in [0.1, 0.15) is 12.6 Å². The van der Waals surface area contributed by atoms with Crippen molar-refractivity contribution in [1.82, 2.24) is 14.7 Å². The molecule has 0 bridgehead atoms. The zero-order valence-electron chi connectivity index (χ0n) is 13.4. The third-order valence-corrected chi connectivity index (χ3v) is 4.61. The van der Waals surface area contributed by atoms with E-state index in [4.69, 9.17) is 4.52 Å². The minimum absolute atomic E-state index is 0.137. The maximum Gasteiger partial charge on any atom is 0.261 e. The number of carbonyl (C=O) groups excluding carboxylic acids is 1. The first-order valence-electron chi connectivity index (χ1n) is 7.32. The molecule has 1 amide bonds. The molecular formula is C16H16N4O3S. The summed E-state index contributed by atoms with van der Waals surface area (Å²) in [5.41, 5.74) is 1.16. The number of thioether (sulfide) groups is 1. The fraction of sp³-hybridized carbons (Fsp3) is 0.250. The van der Waals surface area contributed by atoms with Gasteiger partial charge in [0, 0.05) is 13.1 Å². The lowest BCUT2D eigenvalue weighted by molar-refractivity contribution is -0.115. The molecule has 0 saturated heterocycles. The first-order chi connectivity index (χ1) is 11.5. The van der Waals surface area contributed by atoms with E-state index >= 15 is 0 Å². The van der Waals surface area contributed by atoms with E-state index < -0.39 is 5.25 Å². The van der Waals surface area contributed by atoms with E-state index in [-0.39, 0.29) is 11.5 Å². The lowest BCUT2D eigenvalue weighted by Crippen LogP contribution is -2.25. The highest BCUT2D eigenvalue weighted by Gasteiger charge is 2.19. The molecular weight excluding hydrogens is 328 g/mol. The Bertz CT molecular complexity index is 963. The first kappa shape index (κ1) is 16.3. The number of nitrogens with one attached hydrogen (secondary N) is 1. The zero-order valence-corrected chi connectivity index (χ0v) is 14.3. The zero-order chi connectivity index (χ0) is 17.3. The van der Waals surface area contributed by atoms with Crippen molar-refractivity contribution in [2.24, 2.45) is 7.05 Å². The van der Waals surface area contributed by atoms with Gasteiger partial charge in [-0.3, -0.25) is 19.5 Å². The second kappa shape index (κ2) is 6.48. The monoisotopic (exact) mass is 344 g/mol. The third kappa shape index (κ3) is 3.18. The summed E-state index contributed by atoms with van der Waals surface area (Å²) in [6.07, 6.45) is 0. The highest BCUT2D eigenvalue weighted by molar-refractivity contribution is 8.00. The number of aromatic nitrogens is 3. The molecule has 0 aliphatic heterocycles. The standard InChI is InChI=1S/C16H16N4O3S/c1-9-8-13(23-19-9)18-14(21)10(2)24-16-17-12-7-5-4-6-11(12)15(22)20(16)3/h4-8,10H,1-3H3,(H,18,21). The van der Waals surface area contributed by atoms with E-state index in [1.54, 1.807) is 45.2 Å². The van der Waals surface area contributed by atoms with E-state index in [1.165, 1.54) is 16.3 Å². The van der Waals surface area contributed by atoms with Gasteiger partial charge in [-0.25, -0.2) is 4.98 Å². The summed E-state index contributed by atoms with van der Waals surface area (Å²) in [5.74, 6) is 0.0452. The summed E-state index contributed by atoms with van der Waals surface area (Å²) in [6.45, 7) is 3.51. The number of hydrogen-bond donors (Lipinski definition) is 1. The third-order valence-electron chi connectivity index (χ3n) is 3.47. The number of hydrogen-bond acceptors (Lipinski definition) is 6. The number of carbonyl (C=O) groups is 1. The Kier molecular flexibility index (Phi) is 4.39. The highest BCUT2D eigenvalue weighted by Crippen LogP contribution is 2.23. The number of benzene rings is 1. The van der Waals surface area contributed by atoms with Crippen molar-refractivity contribution in [2.45, 2.75) is 24.3 Å². The molecule has 1 atom stereocenters. The molecule has 0 fully saturated rings. The van der Waals surface area contributed by atoms with Gasteiger partial charge in [-0.1, -0.05) is 29.1 Å². The van der Waals surface area contributed by atoms with Crippen molar-refractivity contribution >= 4 is 34.5 Å². The SMILES string of the molecule is Cc1cc(NC(=O)C(C)Sc2nc3ccccc3c(=O)n2C)on1. The Morgan fingerprint density at radius 3 is 2.83 bits per heavy atom. The lowest BCUT2D eigenvalue weighted by Gasteiger charge is -2.13. The average molecular weight is 344 g/mol. The fourth-order valence-corrected chi connectivity index (χ4v) is 3.03. The molecule has 0 aliphatic carbocycles. The van der Waals surface area contributed by atoms with Crippen LogP contribution in [0, 0.1) is 6.92 Å². The Morgan fingerprint density at radius 2 is 2.12 bits per heavy atom. The number of anilines is 1. The normalized spacial score (nSPS) is 12.3. The van der Waals surface area contributed by atoms with Gasteiger partial charge in [0.1, 0.15) is 0 Å². The molecule has 2 heterocycles. The van der Waals surface area contributed by atoms with Gasteiger partial charge in [-0.2, -0.15) is 0 Å². The average Bonchev–Trinajstić information content (AvgIpc) is 2.97. The molecule has 0 spiro atoms. The van der Waals surface area contributed by atoms with E-state index in [9.17, 15) is 9.59 Å². The van der Waals surface area contributed by atoms with Gasteiger partial charge in [-0.15, -0.1) is 0 Å². The second-order valence-corrected chi connectivity index (χ2v) is 6.67. The Morgan fingerprint density at radius 1 is 1.38 bits per heavy atom. The van der Waals surface area contributed by atoms with Crippen LogP contribution >= 0.6 is 11.8 Å². The Balaban J connectivity index is 1.82. The van der Waals surface area contributed by atoms with Gasteiger partial charge < -0.3 is 4.52 Å². The maximum atomic E-state index is 12.4. The van der Waals surface area contributed by atoms with E-state index in [2.05, 4.69) is 15.5 Å². The Labute approximate surface area is 142 Å². The van der Waals surface area contributed by atoms with Crippen molar-refractivity contribution in [3.05, 3.63) is 46.4 Å². The molecule has 0 saturated carbocycles. The topological polar surface area (TPSA) is 90.0 Å². The summed E-state index contributed by atoms with van der Waals surface area (Å²) in [7, 11) is 1.65. The summed E-state index contributed by atoms with van der Waals surface area (Å²) in [4.78, 5) is 29.1. The van der Waals surface area contributed by atoms with Crippen LogP contribution in [0.3, 0.4) is 0 Å². The van der Waals surface area contributed by atoms with Crippen LogP contribution in [-0.4, -0.2) is 25.9 Å². The predicted molar refractivity (Wildman–Crippen MR) is 92.2 cm³/mol. The smallest absolute Gasteiger partial charge is 0.261 e. The van der Waals surface area contributed by atoms with Crippen molar-refractivity contribution in [2.75, 3.05) is 5.32 Å². The van der Waals surface area contributed by atoms with Gasteiger partial charge in [-0.05, 0) is 26.0 Å².